The smallest absolute Gasteiger partial charge is 0.230 e. The van der Waals surface area contributed by atoms with Gasteiger partial charge < -0.3 is 5.32 Å². The highest BCUT2D eigenvalue weighted by Crippen LogP contribution is 2.29. The fourth-order valence-corrected chi connectivity index (χ4v) is 5.43. The minimum Gasteiger partial charge on any atom is -0.300 e. The number of benzene rings is 1. The summed E-state index contributed by atoms with van der Waals surface area (Å²) in [6.07, 6.45) is 2.47. The standard InChI is InChI=1S/C17H19N5O3S3/c1-28(24,25)22-8-2-3-14(10-22)15(23)19-16-20-21-17(27-16)26-11-13-6-4-12(9-18)5-7-13/h4-7,14H,2-3,8,10-11H2,1H3,(H,19,20,23). The van der Waals surface area contributed by atoms with Crippen molar-refractivity contribution >= 4 is 44.2 Å². The van der Waals surface area contributed by atoms with Gasteiger partial charge in [0.05, 0.1) is 23.8 Å². The van der Waals surface area contributed by atoms with E-state index in [4.69, 9.17) is 5.26 Å². The molecule has 1 unspecified atom stereocenters. The molecule has 0 spiro atoms. The molecule has 1 atom stereocenters. The molecule has 1 saturated heterocycles. The number of nitriles is 1. The monoisotopic (exact) mass is 437 g/mol. The number of anilines is 1. The lowest BCUT2D eigenvalue weighted by Gasteiger charge is -2.29. The van der Waals surface area contributed by atoms with Crippen LogP contribution in [-0.2, 0) is 20.6 Å². The third kappa shape index (κ3) is 5.51. The average molecular weight is 438 g/mol. The molecule has 2 aromatic rings. The molecule has 148 valence electrons. The Bertz CT molecular complexity index is 982. The number of aromatic nitrogens is 2. The maximum Gasteiger partial charge on any atom is 0.230 e. The Balaban J connectivity index is 1.53. The zero-order chi connectivity index (χ0) is 20.1. The predicted molar refractivity (Wildman–Crippen MR) is 108 cm³/mol. The lowest BCUT2D eigenvalue weighted by Crippen LogP contribution is -2.43. The number of nitrogens with zero attached hydrogens (tertiary/aromatic N) is 4. The van der Waals surface area contributed by atoms with E-state index in [1.807, 2.05) is 12.1 Å². The van der Waals surface area contributed by atoms with E-state index in [1.165, 1.54) is 27.4 Å². The molecule has 1 fully saturated rings. The summed E-state index contributed by atoms with van der Waals surface area (Å²) in [6, 6.07) is 9.41. The van der Waals surface area contributed by atoms with Gasteiger partial charge in [-0.1, -0.05) is 35.2 Å². The van der Waals surface area contributed by atoms with Crippen molar-refractivity contribution in [2.75, 3.05) is 24.7 Å². The maximum atomic E-state index is 12.5. The number of amides is 1. The number of hydrogen-bond acceptors (Lipinski definition) is 8. The third-order valence-electron chi connectivity index (χ3n) is 4.31. The molecular formula is C17H19N5O3S3. The number of nitrogens with one attached hydrogen (secondary N) is 1. The lowest BCUT2D eigenvalue weighted by molar-refractivity contribution is -0.120. The Morgan fingerprint density at radius 1 is 1.39 bits per heavy atom. The quantitative estimate of drug-likeness (QED) is 0.544. The SMILES string of the molecule is CS(=O)(=O)N1CCCC(C(=O)Nc2nnc(SCc3ccc(C#N)cc3)s2)C1. The Morgan fingerprint density at radius 2 is 2.14 bits per heavy atom. The van der Waals surface area contributed by atoms with Crippen LogP contribution in [0.1, 0.15) is 24.0 Å². The summed E-state index contributed by atoms with van der Waals surface area (Å²) >= 11 is 2.78. The Kier molecular flexibility index (Phi) is 6.66. The van der Waals surface area contributed by atoms with E-state index >= 15 is 0 Å². The van der Waals surface area contributed by atoms with Crippen molar-refractivity contribution < 1.29 is 13.2 Å². The van der Waals surface area contributed by atoms with Gasteiger partial charge >= 0.3 is 0 Å². The Hall–Kier alpha value is -2.00. The third-order valence-corrected chi connectivity index (χ3v) is 7.62. The molecule has 3 rings (SSSR count). The second kappa shape index (κ2) is 9.00. The van der Waals surface area contributed by atoms with Crippen LogP contribution in [0, 0.1) is 17.2 Å². The topological polar surface area (TPSA) is 116 Å². The number of carbonyl (C=O) groups excluding carboxylic acids is 1. The van der Waals surface area contributed by atoms with E-state index in [2.05, 4.69) is 21.6 Å². The van der Waals surface area contributed by atoms with E-state index < -0.39 is 10.0 Å². The van der Waals surface area contributed by atoms with Crippen LogP contribution in [0.5, 0.6) is 0 Å². The second-order valence-electron chi connectivity index (χ2n) is 6.42. The summed E-state index contributed by atoms with van der Waals surface area (Å²) in [5.41, 5.74) is 1.68. The number of piperidine rings is 1. The first-order chi connectivity index (χ1) is 13.3. The average Bonchev–Trinajstić information content (AvgIpc) is 3.13. The summed E-state index contributed by atoms with van der Waals surface area (Å²) in [7, 11) is -3.29. The summed E-state index contributed by atoms with van der Waals surface area (Å²) in [5.74, 6) is 0.0653. The molecule has 1 amide bonds. The van der Waals surface area contributed by atoms with Crippen LogP contribution < -0.4 is 5.32 Å². The highest BCUT2D eigenvalue weighted by atomic mass is 32.2. The number of carbonyl (C=O) groups is 1. The molecule has 0 radical (unpaired) electrons. The van der Waals surface area contributed by atoms with E-state index in [-0.39, 0.29) is 18.4 Å². The molecule has 1 aliphatic heterocycles. The van der Waals surface area contributed by atoms with Gasteiger partial charge in [0, 0.05) is 18.8 Å². The second-order valence-corrected chi connectivity index (χ2v) is 10.6. The van der Waals surface area contributed by atoms with E-state index in [0.717, 1.165) is 16.2 Å². The largest absolute Gasteiger partial charge is 0.300 e. The zero-order valence-corrected chi connectivity index (χ0v) is 17.6. The fourth-order valence-electron chi connectivity index (χ4n) is 2.80. The van der Waals surface area contributed by atoms with Crippen LogP contribution in [0.4, 0.5) is 5.13 Å². The molecule has 1 aliphatic rings. The molecule has 0 aliphatic carbocycles. The fraction of sp³-hybridized carbons (Fsp3) is 0.412. The number of thioether (sulfide) groups is 1. The van der Waals surface area contributed by atoms with Gasteiger partial charge in [0.2, 0.25) is 21.1 Å². The maximum absolute atomic E-state index is 12.5. The summed E-state index contributed by atoms with van der Waals surface area (Å²) in [5, 5.41) is 20.1. The van der Waals surface area contributed by atoms with Gasteiger partial charge in [0.1, 0.15) is 0 Å². The molecule has 11 heteroatoms. The molecule has 0 saturated carbocycles. The van der Waals surface area contributed by atoms with Crippen LogP contribution in [0.3, 0.4) is 0 Å². The van der Waals surface area contributed by atoms with E-state index in [1.54, 1.807) is 12.1 Å². The van der Waals surface area contributed by atoms with Crippen LogP contribution in [0.25, 0.3) is 0 Å². The number of sulfonamides is 1. The van der Waals surface area contributed by atoms with Gasteiger partial charge in [0.15, 0.2) is 4.34 Å². The molecule has 2 heterocycles. The van der Waals surface area contributed by atoms with Gasteiger partial charge in [-0.2, -0.15) is 5.26 Å². The first-order valence-electron chi connectivity index (χ1n) is 8.56. The van der Waals surface area contributed by atoms with Crippen LogP contribution in [-0.4, -0.2) is 48.2 Å². The minimum absolute atomic E-state index is 0.198. The molecule has 1 aromatic carbocycles. The minimum atomic E-state index is -3.29. The first-order valence-corrected chi connectivity index (χ1v) is 12.2. The lowest BCUT2D eigenvalue weighted by atomic mass is 9.99. The molecular weight excluding hydrogens is 418 g/mol. The molecule has 1 N–H and O–H groups in total. The molecule has 1 aromatic heterocycles. The summed E-state index contributed by atoms with van der Waals surface area (Å²) in [4.78, 5) is 12.5. The van der Waals surface area contributed by atoms with Crippen LogP contribution >= 0.6 is 23.1 Å². The van der Waals surface area contributed by atoms with Crippen molar-refractivity contribution in [2.45, 2.75) is 22.9 Å². The number of hydrogen-bond donors (Lipinski definition) is 1. The van der Waals surface area contributed by atoms with E-state index in [0.29, 0.717) is 35.8 Å². The van der Waals surface area contributed by atoms with Gasteiger partial charge in [0.25, 0.3) is 0 Å². The van der Waals surface area contributed by atoms with E-state index in [9.17, 15) is 13.2 Å². The van der Waals surface area contributed by atoms with Crippen molar-refractivity contribution in [3.8, 4) is 6.07 Å². The Labute approximate surface area is 172 Å². The van der Waals surface area contributed by atoms with Crippen molar-refractivity contribution in [3.63, 3.8) is 0 Å². The van der Waals surface area contributed by atoms with Gasteiger partial charge in [-0.15, -0.1) is 10.2 Å². The highest BCUT2D eigenvalue weighted by Gasteiger charge is 2.30. The van der Waals surface area contributed by atoms with Gasteiger partial charge in [-0.3, -0.25) is 4.79 Å². The van der Waals surface area contributed by atoms with Crippen LogP contribution in [0.2, 0.25) is 0 Å². The normalized spacial score (nSPS) is 17.8. The van der Waals surface area contributed by atoms with Crippen molar-refractivity contribution in [2.24, 2.45) is 5.92 Å². The molecule has 0 bridgehead atoms. The number of rotatable bonds is 6. The van der Waals surface area contributed by atoms with Crippen molar-refractivity contribution in [1.82, 2.24) is 14.5 Å². The van der Waals surface area contributed by atoms with Crippen molar-refractivity contribution in [1.29, 1.82) is 5.26 Å². The predicted octanol–water partition coefficient (Wildman–Crippen LogP) is 2.31. The molecule has 8 nitrogen and oxygen atoms in total. The molecule has 28 heavy (non-hydrogen) atoms. The first kappa shape index (κ1) is 20.7. The van der Waals surface area contributed by atoms with Gasteiger partial charge in [-0.25, -0.2) is 12.7 Å². The summed E-state index contributed by atoms with van der Waals surface area (Å²) < 4.78 is 25.5. The zero-order valence-electron chi connectivity index (χ0n) is 15.2. The summed E-state index contributed by atoms with van der Waals surface area (Å²) in [6.45, 7) is 0.654. The highest BCUT2D eigenvalue weighted by molar-refractivity contribution is 8.00. The van der Waals surface area contributed by atoms with Gasteiger partial charge in [-0.05, 0) is 30.5 Å². The van der Waals surface area contributed by atoms with Crippen LogP contribution in [0.15, 0.2) is 28.6 Å². The Morgan fingerprint density at radius 3 is 2.82 bits per heavy atom. The van der Waals surface area contributed by atoms with Crippen molar-refractivity contribution in [3.05, 3.63) is 35.4 Å².